The first-order chi connectivity index (χ1) is 12.2. The first kappa shape index (κ1) is 17.6. The van der Waals surface area contributed by atoms with Gasteiger partial charge in [0, 0.05) is 38.8 Å². The number of aromatic nitrogens is 3. The van der Waals surface area contributed by atoms with Gasteiger partial charge in [0.25, 0.3) is 0 Å². The topological polar surface area (TPSA) is 77.0 Å². The maximum absolute atomic E-state index is 12.6. The van der Waals surface area contributed by atoms with E-state index in [1.54, 1.807) is 0 Å². The minimum absolute atomic E-state index is 0.259. The molecular formula is C19H27N5O. The summed E-state index contributed by atoms with van der Waals surface area (Å²) in [6, 6.07) is 8.29. The molecule has 0 unspecified atom stereocenters. The van der Waals surface area contributed by atoms with Crippen LogP contribution in [0.5, 0.6) is 0 Å². The van der Waals surface area contributed by atoms with E-state index in [4.69, 9.17) is 5.73 Å². The lowest BCUT2D eigenvalue weighted by Crippen LogP contribution is -2.41. The number of carbonyl (C=O) groups is 1. The number of nitrogens with two attached hydrogens (primary N) is 1. The van der Waals surface area contributed by atoms with Crippen LogP contribution < -0.4 is 5.73 Å². The van der Waals surface area contributed by atoms with Gasteiger partial charge in [-0.3, -0.25) is 9.48 Å². The molecule has 1 fully saturated rings. The van der Waals surface area contributed by atoms with Gasteiger partial charge in [-0.05, 0) is 43.2 Å². The Kier molecular flexibility index (Phi) is 5.81. The van der Waals surface area contributed by atoms with E-state index in [1.807, 2.05) is 27.9 Å². The average Bonchev–Trinajstić information content (AvgIpc) is 3.08. The number of hydrogen-bond donors (Lipinski definition) is 1. The minimum Gasteiger partial charge on any atom is -0.342 e. The van der Waals surface area contributed by atoms with E-state index < -0.39 is 0 Å². The van der Waals surface area contributed by atoms with Gasteiger partial charge in [-0.15, -0.1) is 5.10 Å². The largest absolute Gasteiger partial charge is 0.342 e. The summed E-state index contributed by atoms with van der Waals surface area (Å²) in [4.78, 5) is 14.6. The SMILES string of the molecule is Cc1ccccc1CCC(=O)N1CCC[C@H](Cn2cc(CN)nn2)C1. The fourth-order valence-corrected chi connectivity index (χ4v) is 3.52. The molecule has 1 aliphatic heterocycles. The van der Waals surface area contributed by atoms with Crippen molar-refractivity contribution in [2.45, 2.75) is 45.7 Å². The van der Waals surface area contributed by atoms with Crippen molar-refractivity contribution in [1.82, 2.24) is 19.9 Å². The Morgan fingerprint density at radius 1 is 1.36 bits per heavy atom. The van der Waals surface area contributed by atoms with Crippen LogP contribution in [0.15, 0.2) is 30.5 Å². The normalized spacial score (nSPS) is 17.7. The Morgan fingerprint density at radius 3 is 2.96 bits per heavy atom. The summed E-state index contributed by atoms with van der Waals surface area (Å²) in [7, 11) is 0. The third kappa shape index (κ3) is 4.66. The van der Waals surface area contributed by atoms with Gasteiger partial charge in [-0.2, -0.15) is 0 Å². The van der Waals surface area contributed by atoms with Crippen molar-refractivity contribution in [3.8, 4) is 0 Å². The third-order valence-electron chi connectivity index (χ3n) is 4.98. The Bertz CT molecular complexity index is 711. The fraction of sp³-hybridized carbons (Fsp3) is 0.526. The van der Waals surface area contributed by atoms with Crippen LogP contribution in [0.1, 0.15) is 36.1 Å². The summed E-state index contributed by atoms with van der Waals surface area (Å²) in [5, 5.41) is 8.15. The van der Waals surface area contributed by atoms with Crippen LogP contribution in [0.2, 0.25) is 0 Å². The van der Waals surface area contributed by atoms with Gasteiger partial charge in [0.2, 0.25) is 5.91 Å². The predicted octanol–water partition coefficient (Wildman–Crippen LogP) is 1.92. The zero-order valence-electron chi connectivity index (χ0n) is 14.9. The molecule has 1 aromatic heterocycles. The maximum Gasteiger partial charge on any atom is 0.222 e. The molecule has 6 nitrogen and oxygen atoms in total. The van der Waals surface area contributed by atoms with Crippen molar-refractivity contribution in [2.75, 3.05) is 13.1 Å². The zero-order chi connectivity index (χ0) is 17.6. The van der Waals surface area contributed by atoms with E-state index >= 15 is 0 Å². The molecule has 2 heterocycles. The molecule has 0 saturated carbocycles. The van der Waals surface area contributed by atoms with Gasteiger partial charge in [0.05, 0.1) is 5.69 Å². The van der Waals surface area contributed by atoms with Crippen LogP contribution in [0, 0.1) is 12.8 Å². The van der Waals surface area contributed by atoms with E-state index in [0.717, 1.165) is 44.6 Å². The molecule has 2 N–H and O–H groups in total. The number of aryl methyl sites for hydroxylation is 2. The van der Waals surface area contributed by atoms with E-state index in [2.05, 4.69) is 29.4 Å². The number of carbonyl (C=O) groups excluding carboxylic acids is 1. The fourth-order valence-electron chi connectivity index (χ4n) is 3.52. The molecule has 25 heavy (non-hydrogen) atoms. The Morgan fingerprint density at radius 2 is 2.20 bits per heavy atom. The highest BCUT2D eigenvalue weighted by Gasteiger charge is 2.24. The Hall–Kier alpha value is -2.21. The van der Waals surface area contributed by atoms with E-state index in [-0.39, 0.29) is 5.91 Å². The van der Waals surface area contributed by atoms with Crippen molar-refractivity contribution in [3.63, 3.8) is 0 Å². The van der Waals surface area contributed by atoms with Crippen LogP contribution in [0.25, 0.3) is 0 Å². The minimum atomic E-state index is 0.259. The summed E-state index contributed by atoms with van der Waals surface area (Å²) >= 11 is 0. The van der Waals surface area contributed by atoms with E-state index in [0.29, 0.717) is 18.9 Å². The molecule has 2 aromatic rings. The molecular weight excluding hydrogens is 314 g/mol. The number of likely N-dealkylation sites (tertiary alicyclic amines) is 1. The van der Waals surface area contributed by atoms with Gasteiger partial charge >= 0.3 is 0 Å². The third-order valence-corrected chi connectivity index (χ3v) is 4.98. The van der Waals surface area contributed by atoms with Crippen molar-refractivity contribution in [2.24, 2.45) is 11.7 Å². The molecule has 134 valence electrons. The second kappa shape index (κ2) is 8.25. The second-order valence-electron chi connectivity index (χ2n) is 6.91. The van der Waals surface area contributed by atoms with Gasteiger partial charge in [0.1, 0.15) is 0 Å². The summed E-state index contributed by atoms with van der Waals surface area (Å²) in [5.41, 5.74) is 8.91. The Labute approximate surface area is 149 Å². The Balaban J connectivity index is 1.51. The molecule has 0 radical (unpaired) electrons. The number of piperidine rings is 1. The molecule has 1 aromatic carbocycles. The summed E-state index contributed by atoms with van der Waals surface area (Å²) in [6.45, 7) is 4.99. The monoisotopic (exact) mass is 341 g/mol. The second-order valence-corrected chi connectivity index (χ2v) is 6.91. The maximum atomic E-state index is 12.6. The quantitative estimate of drug-likeness (QED) is 0.871. The van der Waals surface area contributed by atoms with Crippen LogP contribution in [-0.4, -0.2) is 38.9 Å². The first-order valence-electron chi connectivity index (χ1n) is 9.07. The number of amides is 1. The highest BCUT2D eigenvalue weighted by Crippen LogP contribution is 2.20. The van der Waals surface area contributed by atoms with Crippen molar-refractivity contribution in [3.05, 3.63) is 47.3 Å². The molecule has 3 rings (SSSR count). The molecule has 1 atom stereocenters. The van der Waals surface area contributed by atoms with Crippen LogP contribution in [-0.2, 0) is 24.3 Å². The van der Waals surface area contributed by atoms with Gasteiger partial charge in [-0.1, -0.05) is 29.5 Å². The summed E-state index contributed by atoms with van der Waals surface area (Å²) in [5.74, 6) is 0.692. The van der Waals surface area contributed by atoms with E-state index in [9.17, 15) is 4.79 Å². The standard InChI is InChI=1S/C19H27N5O/c1-15-5-2-3-7-17(15)8-9-19(25)23-10-4-6-16(12-23)13-24-14-18(11-20)21-22-24/h2-3,5,7,14,16H,4,6,8-13,20H2,1H3/t16-/m0/s1. The lowest BCUT2D eigenvalue weighted by atomic mass is 9.97. The van der Waals surface area contributed by atoms with Gasteiger partial charge in [0.15, 0.2) is 0 Å². The highest BCUT2D eigenvalue weighted by molar-refractivity contribution is 5.76. The molecule has 0 aliphatic carbocycles. The smallest absolute Gasteiger partial charge is 0.222 e. The number of nitrogens with zero attached hydrogens (tertiary/aromatic N) is 4. The molecule has 1 amide bonds. The van der Waals surface area contributed by atoms with Crippen LogP contribution >= 0.6 is 0 Å². The highest BCUT2D eigenvalue weighted by atomic mass is 16.2. The predicted molar refractivity (Wildman–Crippen MR) is 96.7 cm³/mol. The molecule has 0 bridgehead atoms. The van der Waals surface area contributed by atoms with Crippen molar-refractivity contribution < 1.29 is 4.79 Å². The van der Waals surface area contributed by atoms with Gasteiger partial charge < -0.3 is 10.6 Å². The number of rotatable bonds is 6. The lowest BCUT2D eigenvalue weighted by Gasteiger charge is -2.32. The molecule has 1 aliphatic rings. The van der Waals surface area contributed by atoms with Crippen LogP contribution in [0.4, 0.5) is 0 Å². The zero-order valence-corrected chi connectivity index (χ0v) is 14.9. The number of benzene rings is 1. The molecule has 0 spiro atoms. The van der Waals surface area contributed by atoms with Gasteiger partial charge in [-0.25, -0.2) is 0 Å². The summed E-state index contributed by atoms with van der Waals surface area (Å²) in [6.07, 6.45) is 5.48. The van der Waals surface area contributed by atoms with E-state index in [1.165, 1.54) is 11.1 Å². The molecule has 1 saturated heterocycles. The van der Waals surface area contributed by atoms with Crippen molar-refractivity contribution >= 4 is 5.91 Å². The summed E-state index contributed by atoms with van der Waals surface area (Å²) < 4.78 is 1.86. The average molecular weight is 341 g/mol. The number of hydrogen-bond acceptors (Lipinski definition) is 4. The van der Waals surface area contributed by atoms with Crippen LogP contribution in [0.3, 0.4) is 0 Å². The van der Waals surface area contributed by atoms with Crippen molar-refractivity contribution in [1.29, 1.82) is 0 Å². The molecule has 6 heteroatoms. The first-order valence-corrected chi connectivity index (χ1v) is 9.07. The lowest BCUT2D eigenvalue weighted by molar-refractivity contribution is -0.133.